The molecule has 2 atom stereocenters. The number of carbonyl (C=O) groups is 1. The van der Waals surface area contributed by atoms with Gasteiger partial charge in [0.25, 0.3) is 0 Å². The first-order valence-electron chi connectivity index (χ1n) is 8.22. The summed E-state index contributed by atoms with van der Waals surface area (Å²) in [6, 6.07) is 9.98. The molecule has 1 aliphatic carbocycles. The molecule has 5 nitrogen and oxygen atoms in total. The molecule has 1 amide bonds. The lowest BCUT2D eigenvalue weighted by atomic mass is 10.1. The van der Waals surface area contributed by atoms with Crippen molar-refractivity contribution in [1.82, 2.24) is 9.88 Å². The molecule has 1 aromatic heterocycles. The highest BCUT2D eigenvalue weighted by Gasteiger charge is 2.38. The zero-order chi connectivity index (χ0) is 15.6. The molecule has 0 bridgehead atoms. The lowest BCUT2D eigenvalue weighted by Crippen LogP contribution is -2.51. The predicted molar refractivity (Wildman–Crippen MR) is 84.7 cm³/mol. The summed E-state index contributed by atoms with van der Waals surface area (Å²) in [5, 5.41) is 0. The Kier molecular flexibility index (Phi) is 3.87. The first-order valence-corrected chi connectivity index (χ1v) is 8.22. The summed E-state index contributed by atoms with van der Waals surface area (Å²) in [7, 11) is 0. The van der Waals surface area contributed by atoms with Crippen LogP contribution in [0.2, 0.25) is 0 Å². The SMILES string of the molecule is O=C(Cc1coc(-c2ccccc2)n1)N1CCOC2CCCC21. The summed E-state index contributed by atoms with van der Waals surface area (Å²) in [5.41, 5.74) is 1.61. The molecule has 2 unspecified atom stereocenters. The highest BCUT2D eigenvalue weighted by Crippen LogP contribution is 2.30. The van der Waals surface area contributed by atoms with Crippen molar-refractivity contribution in [3.63, 3.8) is 0 Å². The summed E-state index contributed by atoms with van der Waals surface area (Å²) >= 11 is 0. The summed E-state index contributed by atoms with van der Waals surface area (Å²) in [6.45, 7) is 1.32. The average Bonchev–Trinajstić information content (AvgIpc) is 3.24. The Morgan fingerprint density at radius 1 is 1.26 bits per heavy atom. The molecule has 4 rings (SSSR count). The lowest BCUT2D eigenvalue weighted by molar-refractivity contribution is -0.143. The number of oxazole rings is 1. The Balaban J connectivity index is 1.46. The molecular weight excluding hydrogens is 292 g/mol. The Morgan fingerprint density at radius 3 is 3.00 bits per heavy atom. The Hall–Kier alpha value is -2.14. The molecule has 1 aromatic carbocycles. The molecule has 0 radical (unpaired) electrons. The number of hydrogen-bond donors (Lipinski definition) is 0. The molecule has 2 fully saturated rings. The van der Waals surface area contributed by atoms with Gasteiger partial charge in [0.05, 0.1) is 30.9 Å². The van der Waals surface area contributed by atoms with E-state index in [0.29, 0.717) is 31.2 Å². The molecule has 5 heteroatoms. The van der Waals surface area contributed by atoms with E-state index < -0.39 is 0 Å². The summed E-state index contributed by atoms with van der Waals surface area (Å²) in [4.78, 5) is 19.1. The molecule has 2 aromatic rings. The normalized spacial score (nSPS) is 23.7. The largest absolute Gasteiger partial charge is 0.444 e. The van der Waals surface area contributed by atoms with E-state index in [1.807, 2.05) is 35.2 Å². The molecule has 1 saturated carbocycles. The Morgan fingerprint density at radius 2 is 2.13 bits per heavy atom. The van der Waals surface area contributed by atoms with Crippen molar-refractivity contribution >= 4 is 5.91 Å². The van der Waals surface area contributed by atoms with Crippen molar-refractivity contribution in [3.05, 3.63) is 42.3 Å². The van der Waals surface area contributed by atoms with Gasteiger partial charge >= 0.3 is 0 Å². The number of hydrogen-bond acceptors (Lipinski definition) is 4. The van der Waals surface area contributed by atoms with Gasteiger partial charge in [-0.05, 0) is 31.4 Å². The summed E-state index contributed by atoms with van der Waals surface area (Å²) in [5.74, 6) is 0.687. The van der Waals surface area contributed by atoms with Gasteiger partial charge in [-0.15, -0.1) is 0 Å². The van der Waals surface area contributed by atoms with Crippen molar-refractivity contribution in [2.75, 3.05) is 13.2 Å². The van der Waals surface area contributed by atoms with Crippen molar-refractivity contribution in [1.29, 1.82) is 0 Å². The highest BCUT2D eigenvalue weighted by atomic mass is 16.5. The van der Waals surface area contributed by atoms with Crippen LogP contribution in [-0.2, 0) is 16.0 Å². The minimum Gasteiger partial charge on any atom is -0.444 e. The molecule has 0 spiro atoms. The molecular formula is C18H20N2O3. The molecule has 0 N–H and O–H groups in total. The van der Waals surface area contributed by atoms with Gasteiger partial charge < -0.3 is 14.1 Å². The van der Waals surface area contributed by atoms with E-state index in [1.165, 1.54) is 0 Å². The van der Waals surface area contributed by atoms with Crippen LogP contribution >= 0.6 is 0 Å². The molecule has 23 heavy (non-hydrogen) atoms. The van der Waals surface area contributed by atoms with E-state index in [4.69, 9.17) is 9.15 Å². The maximum Gasteiger partial charge on any atom is 0.229 e. The van der Waals surface area contributed by atoms with Crippen molar-refractivity contribution < 1.29 is 13.9 Å². The van der Waals surface area contributed by atoms with Crippen LogP contribution in [0.3, 0.4) is 0 Å². The fourth-order valence-electron chi connectivity index (χ4n) is 3.59. The van der Waals surface area contributed by atoms with E-state index in [9.17, 15) is 4.79 Å². The van der Waals surface area contributed by atoms with E-state index in [2.05, 4.69) is 4.98 Å². The third-order valence-corrected chi connectivity index (χ3v) is 4.71. The third kappa shape index (κ3) is 2.88. The van der Waals surface area contributed by atoms with Crippen LogP contribution in [0.25, 0.3) is 11.5 Å². The first kappa shape index (κ1) is 14.5. The number of morpholine rings is 1. The smallest absolute Gasteiger partial charge is 0.229 e. The number of rotatable bonds is 3. The predicted octanol–water partition coefficient (Wildman–Crippen LogP) is 2.66. The van der Waals surface area contributed by atoms with Crippen LogP contribution in [0.1, 0.15) is 25.0 Å². The van der Waals surface area contributed by atoms with E-state index >= 15 is 0 Å². The van der Waals surface area contributed by atoms with E-state index in [0.717, 1.165) is 24.8 Å². The molecule has 1 aliphatic heterocycles. The molecule has 2 aliphatic rings. The number of carbonyl (C=O) groups excluding carboxylic acids is 1. The quantitative estimate of drug-likeness (QED) is 0.874. The van der Waals surface area contributed by atoms with Gasteiger partial charge in [0.15, 0.2) is 0 Å². The monoisotopic (exact) mass is 312 g/mol. The second kappa shape index (κ2) is 6.16. The van der Waals surface area contributed by atoms with Gasteiger partial charge in [-0.2, -0.15) is 0 Å². The van der Waals surface area contributed by atoms with Gasteiger partial charge in [-0.3, -0.25) is 4.79 Å². The topological polar surface area (TPSA) is 55.6 Å². The number of aromatic nitrogens is 1. The van der Waals surface area contributed by atoms with Crippen molar-refractivity contribution in [3.8, 4) is 11.5 Å². The average molecular weight is 312 g/mol. The Labute approximate surface area is 135 Å². The van der Waals surface area contributed by atoms with Crippen LogP contribution in [-0.4, -0.2) is 41.1 Å². The number of benzene rings is 1. The second-order valence-electron chi connectivity index (χ2n) is 6.18. The van der Waals surface area contributed by atoms with Crippen molar-refractivity contribution in [2.24, 2.45) is 0 Å². The number of nitrogens with zero attached hydrogens (tertiary/aromatic N) is 2. The standard InChI is InChI=1S/C18H20N2O3/c21-17(20-9-10-22-16-8-4-7-15(16)20)11-14-12-23-18(19-14)13-5-2-1-3-6-13/h1-3,5-6,12,15-16H,4,7-11H2. The van der Waals surface area contributed by atoms with Crippen LogP contribution in [0.15, 0.2) is 41.0 Å². The van der Waals surface area contributed by atoms with Gasteiger partial charge in [-0.1, -0.05) is 18.2 Å². The van der Waals surface area contributed by atoms with E-state index in [-0.39, 0.29) is 18.1 Å². The maximum atomic E-state index is 12.6. The van der Waals surface area contributed by atoms with Gasteiger partial charge in [0.1, 0.15) is 6.26 Å². The highest BCUT2D eigenvalue weighted by molar-refractivity contribution is 5.79. The van der Waals surface area contributed by atoms with Crippen LogP contribution in [0, 0.1) is 0 Å². The second-order valence-corrected chi connectivity index (χ2v) is 6.18. The minimum absolute atomic E-state index is 0.123. The maximum absolute atomic E-state index is 12.6. The lowest BCUT2D eigenvalue weighted by Gasteiger charge is -2.37. The molecule has 120 valence electrons. The first-order chi connectivity index (χ1) is 11.3. The van der Waals surface area contributed by atoms with Crippen LogP contribution < -0.4 is 0 Å². The Bertz CT molecular complexity index is 683. The van der Waals surface area contributed by atoms with Crippen molar-refractivity contribution in [2.45, 2.75) is 37.8 Å². The number of amides is 1. The zero-order valence-electron chi connectivity index (χ0n) is 13.0. The third-order valence-electron chi connectivity index (χ3n) is 4.71. The zero-order valence-corrected chi connectivity index (χ0v) is 13.0. The summed E-state index contributed by atoms with van der Waals surface area (Å²) in [6.07, 6.45) is 5.36. The minimum atomic E-state index is 0.123. The fourth-order valence-corrected chi connectivity index (χ4v) is 3.59. The molecule has 1 saturated heterocycles. The number of ether oxygens (including phenoxy) is 1. The molecule has 2 heterocycles. The fraction of sp³-hybridized carbons (Fsp3) is 0.444. The van der Waals surface area contributed by atoms with Crippen LogP contribution in [0.4, 0.5) is 0 Å². The number of fused-ring (bicyclic) bond motifs is 1. The summed E-state index contributed by atoms with van der Waals surface area (Å²) < 4.78 is 11.3. The van der Waals surface area contributed by atoms with Gasteiger partial charge in [-0.25, -0.2) is 4.98 Å². The van der Waals surface area contributed by atoms with Crippen LogP contribution in [0.5, 0.6) is 0 Å². The van der Waals surface area contributed by atoms with E-state index in [1.54, 1.807) is 6.26 Å². The van der Waals surface area contributed by atoms with Gasteiger partial charge in [0.2, 0.25) is 11.8 Å². The van der Waals surface area contributed by atoms with Gasteiger partial charge in [0, 0.05) is 12.1 Å².